The fourth-order valence-corrected chi connectivity index (χ4v) is 1.64. The Labute approximate surface area is 78.0 Å². The van der Waals surface area contributed by atoms with E-state index in [4.69, 9.17) is 0 Å². The van der Waals surface area contributed by atoms with Crippen LogP contribution in [0, 0.1) is 12.0 Å². The Morgan fingerprint density at radius 3 is 3.00 bits per heavy atom. The summed E-state index contributed by atoms with van der Waals surface area (Å²) < 4.78 is 0. The van der Waals surface area contributed by atoms with Crippen molar-refractivity contribution in [2.45, 2.75) is 13.0 Å². The number of aliphatic hydroxyl groups is 1. The predicted molar refractivity (Wildman–Crippen MR) is 50.5 cm³/mol. The van der Waals surface area contributed by atoms with Gasteiger partial charge in [0.25, 0.3) is 0 Å². The number of β-amino-alcohol motifs (C(OH)–C–C–N with tert-alkyl or cyclic N) is 1. The zero-order valence-electron chi connectivity index (χ0n) is 7.64. The molecule has 3 nitrogen and oxygen atoms in total. The van der Waals surface area contributed by atoms with Crippen LogP contribution in [0.5, 0.6) is 0 Å². The highest BCUT2D eigenvalue weighted by molar-refractivity contribution is 5.39. The molecule has 0 bridgehead atoms. The summed E-state index contributed by atoms with van der Waals surface area (Å²) in [6.45, 7) is 3.64. The summed E-state index contributed by atoms with van der Waals surface area (Å²) in [5, 5.41) is 9.55. The molecule has 0 amide bonds. The lowest BCUT2D eigenvalue weighted by molar-refractivity contribution is 0.157. The topological polar surface area (TPSA) is 36.4 Å². The third-order valence-corrected chi connectivity index (χ3v) is 2.50. The van der Waals surface area contributed by atoms with Crippen molar-refractivity contribution in [3.63, 3.8) is 0 Å². The first kappa shape index (κ1) is 8.51. The molecule has 2 heterocycles. The lowest BCUT2D eigenvalue weighted by atomic mass is 10.1. The smallest absolute Gasteiger partial charge is 0.128 e. The summed E-state index contributed by atoms with van der Waals surface area (Å²) in [6.07, 6.45) is 1.44. The number of aromatic nitrogens is 1. The highest BCUT2D eigenvalue weighted by atomic mass is 16.3. The van der Waals surface area contributed by atoms with Crippen molar-refractivity contribution < 1.29 is 5.11 Å². The van der Waals surface area contributed by atoms with Gasteiger partial charge in [0.05, 0.1) is 6.10 Å². The van der Waals surface area contributed by atoms with Crippen LogP contribution in [-0.2, 0) is 0 Å². The predicted octanol–water partition coefficient (Wildman–Crippen LogP) is 0.699. The molecule has 1 N–H and O–H groups in total. The lowest BCUT2D eigenvalue weighted by Gasteiger charge is -2.15. The molecule has 0 saturated carbocycles. The Balaban J connectivity index is 2.12. The van der Waals surface area contributed by atoms with Gasteiger partial charge < -0.3 is 10.0 Å². The normalized spacial score (nSPS) is 28.0. The van der Waals surface area contributed by atoms with E-state index in [0.717, 1.165) is 12.4 Å². The molecule has 1 saturated heterocycles. The molecule has 2 atom stereocenters. The van der Waals surface area contributed by atoms with Crippen molar-refractivity contribution in [1.82, 2.24) is 4.98 Å². The molecule has 1 aliphatic heterocycles. The van der Waals surface area contributed by atoms with E-state index in [1.54, 1.807) is 6.20 Å². The average molecular weight is 177 g/mol. The molecule has 13 heavy (non-hydrogen) atoms. The fourth-order valence-electron chi connectivity index (χ4n) is 1.64. The van der Waals surface area contributed by atoms with Gasteiger partial charge in [-0.25, -0.2) is 4.98 Å². The summed E-state index contributed by atoms with van der Waals surface area (Å²) in [5.41, 5.74) is 0. The molecular formula is C10H13N2O. The summed E-state index contributed by atoms with van der Waals surface area (Å²) >= 11 is 0. The fraction of sp³-hybridized carbons (Fsp3) is 0.500. The van der Waals surface area contributed by atoms with E-state index in [1.807, 2.05) is 12.1 Å². The SMILES string of the molecule is CC1CN(c2cc[c]cn2)CC1O. The van der Waals surface area contributed by atoms with Crippen LogP contribution in [0.3, 0.4) is 0 Å². The molecule has 0 aliphatic carbocycles. The average Bonchev–Trinajstić information content (AvgIpc) is 2.49. The molecular weight excluding hydrogens is 164 g/mol. The van der Waals surface area contributed by atoms with Gasteiger partial charge in [-0.3, -0.25) is 0 Å². The number of hydrogen-bond donors (Lipinski definition) is 1. The molecule has 2 rings (SSSR count). The minimum atomic E-state index is -0.217. The van der Waals surface area contributed by atoms with Crippen LogP contribution in [0.1, 0.15) is 6.92 Å². The quantitative estimate of drug-likeness (QED) is 0.686. The number of aliphatic hydroxyl groups excluding tert-OH is 1. The summed E-state index contributed by atoms with van der Waals surface area (Å²) in [5.74, 6) is 1.27. The molecule has 2 unspecified atom stereocenters. The number of pyridine rings is 1. The van der Waals surface area contributed by atoms with E-state index < -0.39 is 0 Å². The molecule has 3 heteroatoms. The van der Waals surface area contributed by atoms with Gasteiger partial charge in [0, 0.05) is 31.3 Å². The molecule has 0 spiro atoms. The zero-order chi connectivity index (χ0) is 9.26. The van der Waals surface area contributed by atoms with E-state index in [2.05, 4.69) is 22.9 Å². The second-order valence-corrected chi connectivity index (χ2v) is 3.57. The monoisotopic (exact) mass is 177 g/mol. The van der Waals surface area contributed by atoms with E-state index >= 15 is 0 Å². The van der Waals surface area contributed by atoms with Crippen LogP contribution in [0.15, 0.2) is 18.3 Å². The third-order valence-electron chi connectivity index (χ3n) is 2.50. The Morgan fingerprint density at radius 1 is 1.62 bits per heavy atom. The van der Waals surface area contributed by atoms with Gasteiger partial charge in [0.2, 0.25) is 0 Å². The molecule has 1 aromatic heterocycles. The third kappa shape index (κ3) is 1.65. The van der Waals surface area contributed by atoms with Crippen LogP contribution >= 0.6 is 0 Å². The Kier molecular flexibility index (Phi) is 2.19. The molecule has 1 fully saturated rings. The number of rotatable bonds is 1. The molecule has 1 aromatic rings. The van der Waals surface area contributed by atoms with Crippen molar-refractivity contribution in [3.8, 4) is 0 Å². The molecule has 0 aromatic carbocycles. The van der Waals surface area contributed by atoms with Crippen molar-refractivity contribution in [1.29, 1.82) is 0 Å². The van der Waals surface area contributed by atoms with Gasteiger partial charge >= 0.3 is 0 Å². The van der Waals surface area contributed by atoms with Gasteiger partial charge in [-0.2, -0.15) is 0 Å². The second-order valence-electron chi connectivity index (χ2n) is 3.57. The van der Waals surface area contributed by atoms with Crippen LogP contribution in [0.25, 0.3) is 0 Å². The maximum atomic E-state index is 9.55. The van der Waals surface area contributed by atoms with Crippen molar-refractivity contribution >= 4 is 5.82 Å². The van der Waals surface area contributed by atoms with Gasteiger partial charge in [-0.05, 0) is 12.1 Å². The van der Waals surface area contributed by atoms with E-state index in [9.17, 15) is 5.11 Å². The Morgan fingerprint density at radius 2 is 2.46 bits per heavy atom. The largest absolute Gasteiger partial charge is 0.391 e. The van der Waals surface area contributed by atoms with Crippen molar-refractivity contribution in [3.05, 3.63) is 24.4 Å². The van der Waals surface area contributed by atoms with Gasteiger partial charge in [0.15, 0.2) is 0 Å². The zero-order valence-corrected chi connectivity index (χ0v) is 7.64. The Hall–Kier alpha value is -1.09. The standard InChI is InChI=1S/C10H13N2O/c1-8-6-12(7-9(8)13)10-4-2-3-5-11-10/h2,4-5,8-9,13H,6-7H2,1H3. The van der Waals surface area contributed by atoms with Crippen LogP contribution in [0.2, 0.25) is 0 Å². The van der Waals surface area contributed by atoms with Crippen molar-refractivity contribution in [2.24, 2.45) is 5.92 Å². The highest BCUT2D eigenvalue weighted by Crippen LogP contribution is 2.21. The first-order chi connectivity index (χ1) is 6.27. The summed E-state index contributed by atoms with van der Waals surface area (Å²) in [6, 6.07) is 6.64. The maximum absolute atomic E-state index is 9.55. The van der Waals surface area contributed by atoms with E-state index in [-0.39, 0.29) is 6.10 Å². The minimum Gasteiger partial charge on any atom is -0.391 e. The van der Waals surface area contributed by atoms with Crippen molar-refractivity contribution in [2.75, 3.05) is 18.0 Å². The van der Waals surface area contributed by atoms with E-state index in [0.29, 0.717) is 12.5 Å². The summed E-state index contributed by atoms with van der Waals surface area (Å²) in [7, 11) is 0. The van der Waals surface area contributed by atoms with Crippen LogP contribution in [-0.4, -0.2) is 29.3 Å². The lowest BCUT2D eigenvalue weighted by Crippen LogP contribution is -2.21. The van der Waals surface area contributed by atoms with E-state index in [1.165, 1.54) is 0 Å². The first-order valence-electron chi connectivity index (χ1n) is 4.52. The number of anilines is 1. The first-order valence-corrected chi connectivity index (χ1v) is 4.52. The number of hydrogen-bond acceptors (Lipinski definition) is 3. The second kappa shape index (κ2) is 3.34. The molecule has 1 aliphatic rings. The summed E-state index contributed by atoms with van der Waals surface area (Å²) in [4.78, 5) is 6.29. The van der Waals surface area contributed by atoms with Crippen LogP contribution < -0.4 is 4.90 Å². The minimum absolute atomic E-state index is 0.217. The molecule has 69 valence electrons. The van der Waals surface area contributed by atoms with Gasteiger partial charge in [-0.1, -0.05) is 6.92 Å². The maximum Gasteiger partial charge on any atom is 0.128 e. The van der Waals surface area contributed by atoms with Gasteiger partial charge in [0.1, 0.15) is 5.82 Å². The van der Waals surface area contributed by atoms with Crippen LogP contribution in [0.4, 0.5) is 5.82 Å². The Bertz CT molecular complexity index is 266. The molecule has 1 radical (unpaired) electrons. The number of nitrogens with zero attached hydrogens (tertiary/aromatic N) is 2. The van der Waals surface area contributed by atoms with Gasteiger partial charge in [-0.15, -0.1) is 0 Å². The highest BCUT2D eigenvalue weighted by Gasteiger charge is 2.28.